The van der Waals surface area contributed by atoms with Crippen molar-refractivity contribution in [3.8, 4) is 0 Å². The van der Waals surface area contributed by atoms with Gasteiger partial charge in [0.2, 0.25) is 0 Å². The maximum Gasteiger partial charge on any atom is 0.303 e. The van der Waals surface area contributed by atoms with E-state index in [-0.39, 0.29) is 0 Å². The van der Waals surface area contributed by atoms with Crippen molar-refractivity contribution in [1.82, 2.24) is 0 Å². The number of carboxylic acids is 1. The molecular weight excluding hydrogens is 346 g/mol. The molecule has 1 N–H and O–H groups in total. The van der Waals surface area contributed by atoms with Gasteiger partial charge in [-0.25, -0.2) is 0 Å². The molecule has 0 amide bonds. The molecule has 0 spiro atoms. The third-order valence-corrected chi connectivity index (χ3v) is 5.72. The van der Waals surface area contributed by atoms with Crippen LogP contribution >= 0.6 is 0 Å². The van der Waals surface area contributed by atoms with Crippen molar-refractivity contribution in [2.45, 2.75) is 128 Å². The fourth-order valence-corrected chi connectivity index (χ4v) is 3.87. The molecule has 0 aromatic carbocycles. The van der Waals surface area contributed by atoms with Crippen LogP contribution in [0.25, 0.3) is 0 Å². The van der Waals surface area contributed by atoms with Crippen LogP contribution in [0.15, 0.2) is 0 Å². The van der Waals surface area contributed by atoms with Crippen LogP contribution in [0.4, 0.5) is 0 Å². The van der Waals surface area contributed by atoms with E-state index in [1.807, 2.05) is 0 Å². The van der Waals surface area contributed by atoms with E-state index in [0.717, 1.165) is 17.3 Å². The predicted octanol–water partition coefficient (Wildman–Crippen LogP) is 7.58. The molecule has 0 heterocycles. The quantitative estimate of drug-likeness (QED) is 0.151. The molecule has 0 saturated heterocycles. The minimum absolute atomic E-state index is 0.344. The molecule has 0 aliphatic carbocycles. The Hall–Kier alpha value is -0.570. The van der Waals surface area contributed by atoms with E-state index in [2.05, 4.69) is 21.1 Å². The highest BCUT2D eigenvalue weighted by Crippen LogP contribution is 2.15. The van der Waals surface area contributed by atoms with Crippen LogP contribution in [0.1, 0.15) is 128 Å². The topological polar surface area (TPSA) is 37.3 Å². The second kappa shape index (κ2) is 19.7. The lowest BCUT2D eigenvalue weighted by Gasteiger charge is -2.23. The van der Waals surface area contributed by atoms with E-state index >= 15 is 0 Å². The normalized spacial score (nSPS) is 11.8. The first-order chi connectivity index (χ1) is 13.4. The van der Waals surface area contributed by atoms with Crippen molar-refractivity contribution in [1.29, 1.82) is 0 Å². The number of unbranched alkanes of at least 4 members (excludes halogenated alkanes) is 18. The number of carbonyl (C=O) groups is 1. The fourth-order valence-electron chi connectivity index (χ4n) is 3.87. The number of carboxylic acid groups (broad SMARTS) is 1. The molecule has 0 radical (unpaired) electrons. The van der Waals surface area contributed by atoms with Gasteiger partial charge in [0.1, 0.15) is 0 Å². The summed E-state index contributed by atoms with van der Waals surface area (Å²) in [6, 6.07) is 0. The standard InChI is InChI=1S/C25H51NO2/c1-26(2,3)24-22-20-18-16-14-12-10-8-6-4-5-7-9-11-13-15-17-19-21-23-25(27)28/h4-24H2,1-3H3/p+1. The van der Waals surface area contributed by atoms with E-state index in [9.17, 15) is 4.79 Å². The minimum atomic E-state index is -0.651. The highest BCUT2D eigenvalue weighted by Gasteiger charge is 2.05. The molecule has 168 valence electrons. The summed E-state index contributed by atoms with van der Waals surface area (Å²) in [7, 11) is 6.86. The Balaban J connectivity index is 3.04. The summed E-state index contributed by atoms with van der Waals surface area (Å²) in [6.07, 6.45) is 26.0. The summed E-state index contributed by atoms with van der Waals surface area (Å²) in [5.41, 5.74) is 0. The maximum absolute atomic E-state index is 10.4. The van der Waals surface area contributed by atoms with Gasteiger partial charge in [-0.05, 0) is 19.3 Å². The van der Waals surface area contributed by atoms with Crippen LogP contribution in [0.2, 0.25) is 0 Å². The van der Waals surface area contributed by atoms with E-state index in [1.54, 1.807) is 0 Å². The summed E-state index contributed by atoms with van der Waals surface area (Å²) in [5.74, 6) is -0.651. The SMILES string of the molecule is C[N+](C)(C)CCCCCCCCCCCCCCCCCCCCCC(=O)O. The zero-order chi connectivity index (χ0) is 20.9. The highest BCUT2D eigenvalue weighted by molar-refractivity contribution is 5.66. The van der Waals surface area contributed by atoms with Crippen molar-refractivity contribution in [2.75, 3.05) is 27.7 Å². The lowest BCUT2D eigenvalue weighted by atomic mass is 10.0. The van der Waals surface area contributed by atoms with Gasteiger partial charge in [-0.3, -0.25) is 4.79 Å². The van der Waals surface area contributed by atoms with Crippen LogP contribution in [0.5, 0.6) is 0 Å². The zero-order valence-electron chi connectivity index (χ0n) is 19.7. The second-order valence-electron chi connectivity index (χ2n) is 9.88. The van der Waals surface area contributed by atoms with E-state index in [1.165, 1.54) is 116 Å². The van der Waals surface area contributed by atoms with Crippen molar-refractivity contribution >= 4 is 5.97 Å². The average molecular weight is 399 g/mol. The number of nitrogens with zero attached hydrogens (tertiary/aromatic N) is 1. The Morgan fingerprint density at radius 2 is 0.750 bits per heavy atom. The first kappa shape index (κ1) is 27.4. The van der Waals surface area contributed by atoms with Crippen LogP contribution < -0.4 is 0 Å². The molecule has 3 heteroatoms. The number of hydrogen-bond acceptors (Lipinski definition) is 1. The molecule has 0 aromatic rings. The first-order valence-electron chi connectivity index (χ1n) is 12.4. The fraction of sp³-hybridized carbons (Fsp3) is 0.960. The van der Waals surface area contributed by atoms with E-state index < -0.39 is 5.97 Å². The van der Waals surface area contributed by atoms with Gasteiger partial charge in [-0.15, -0.1) is 0 Å². The number of rotatable bonds is 22. The van der Waals surface area contributed by atoms with Gasteiger partial charge in [0.25, 0.3) is 0 Å². The van der Waals surface area contributed by atoms with Gasteiger partial charge < -0.3 is 9.59 Å². The first-order valence-corrected chi connectivity index (χ1v) is 12.4. The molecule has 0 bridgehead atoms. The van der Waals surface area contributed by atoms with Crippen molar-refractivity contribution < 1.29 is 14.4 Å². The minimum Gasteiger partial charge on any atom is -0.481 e. The summed E-state index contributed by atoms with van der Waals surface area (Å²) in [5, 5.41) is 8.58. The van der Waals surface area contributed by atoms with Gasteiger partial charge in [0.15, 0.2) is 0 Å². The van der Waals surface area contributed by atoms with Crippen LogP contribution in [-0.4, -0.2) is 43.2 Å². The van der Waals surface area contributed by atoms with Crippen molar-refractivity contribution in [2.24, 2.45) is 0 Å². The van der Waals surface area contributed by atoms with Gasteiger partial charge in [-0.2, -0.15) is 0 Å². The third kappa shape index (κ3) is 25.4. The lowest BCUT2D eigenvalue weighted by molar-refractivity contribution is -0.870. The molecule has 0 unspecified atom stereocenters. The van der Waals surface area contributed by atoms with Crippen molar-refractivity contribution in [3.63, 3.8) is 0 Å². The molecule has 0 aliphatic heterocycles. The summed E-state index contributed by atoms with van der Waals surface area (Å²) < 4.78 is 1.11. The maximum atomic E-state index is 10.4. The van der Waals surface area contributed by atoms with Crippen LogP contribution in [-0.2, 0) is 4.79 Å². The van der Waals surface area contributed by atoms with E-state index in [4.69, 9.17) is 5.11 Å². The Morgan fingerprint density at radius 1 is 0.500 bits per heavy atom. The average Bonchev–Trinajstić information content (AvgIpc) is 2.61. The molecule has 3 nitrogen and oxygen atoms in total. The molecule has 0 fully saturated rings. The number of aliphatic carboxylic acids is 1. The molecule has 28 heavy (non-hydrogen) atoms. The Labute approximate surface area is 176 Å². The van der Waals surface area contributed by atoms with Gasteiger partial charge in [0.05, 0.1) is 27.7 Å². The van der Waals surface area contributed by atoms with Gasteiger partial charge in [0, 0.05) is 6.42 Å². The molecule has 0 aromatic heterocycles. The zero-order valence-corrected chi connectivity index (χ0v) is 19.7. The van der Waals surface area contributed by atoms with Crippen molar-refractivity contribution in [3.05, 3.63) is 0 Å². The highest BCUT2D eigenvalue weighted by atomic mass is 16.4. The largest absolute Gasteiger partial charge is 0.481 e. The monoisotopic (exact) mass is 398 g/mol. The predicted molar refractivity (Wildman–Crippen MR) is 123 cm³/mol. The second-order valence-corrected chi connectivity index (χ2v) is 9.88. The molecule has 0 atom stereocenters. The van der Waals surface area contributed by atoms with E-state index in [0.29, 0.717) is 6.42 Å². The Bertz CT molecular complexity index is 336. The smallest absolute Gasteiger partial charge is 0.303 e. The van der Waals surface area contributed by atoms with Crippen LogP contribution in [0, 0.1) is 0 Å². The van der Waals surface area contributed by atoms with Gasteiger partial charge >= 0.3 is 5.97 Å². The van der Waals surface area contributed by atoms with Gasteiger partial charge in [-0.1, -0.05) is 103 Å². The lowest BCUT2D eigenvalue weighted by Crippen LogP contribution is -2.35. The summed E-state index contributed by atoms with van der Waals surface area (Å²) in [6.45, 7) is 1.31. The Morgan fingerprint density at radius 3 is 1.00 bits per heavy atom. The third-order valence-electron chi connectivity index (χ3n) is 5.72. The number of quaternary nitrogens is 1. The molecular formula is C25H52NO2+. The summed E-state index contributed by atoms with van der Waals surface area (Å²) >= 11 is 0. The molecule has 0 saturated carbocycles. The Kier molecular flexibility index (Phi) is 19.3. The molecule has 0 aliphatic rings. The number of hydrogen-bond donors (Lipinski definition) is 1. The van der Waals surface area contributed by atoms with Crippen LogP contribution in [0.3, 0.4) is 0 Å². The molecule has 0 rings (SSSR count). The summed E-state index contributed by atoms with van der Waals surface area (Å²) in [4.78, 5) is 10.4.